The van der Waals surface area contributed by atoms with E-state index in [1.165, 1.54) is 5.41 Å². The summed E-state index contributed by atoms with van der Waals surface area (Å²) in [5.74, 6) is 0. The van der Waals surface area contributed by atoms with Crippen LogP contribution < -0.4 is 4.72 Å². The number of methoxy groups -OCH3 is 1. The molecule has 0 saturated heterocycles. The highest BCUT2D eigenvalue weighted by Gasteiger charge is 2.15. The maximum Gasteiger partial charge on any atom is 0.233 e. The average Bonchev–Trinajstić information content (AvgIpc) is 2.56. The average molecular weight is 345 g/mol. The molecule has 1 unspecified atom stereocenters. The molecule has 2 rings (SSSR count). The molecule has 128 valence electrons. The van der Waals surface area contributed by atoms with Crippen LogP contribution in [0, 0.1) is 13.8 Å². The van der Waals surface area contributed by atoms with Gasteiger partial charge >= 0.3 is 0 Å². The van der Waals surface area contributed by atoms with Gasteiger partial charge in [0, 0.05) is 19.1 Å². The van der Waals surface area contributed by atoms with E-state index in [2.05, 4.69) is 4.72 Å². The van der Waals surface area contributed by atoms with Gasteiger partial charge < -0.3 is 4.74 Å². The highest BCUT2D eigenvalue weighted by molar-refractivity contribution is 7.92. The molecule has 0 heterocycles. The molecule has 0 aromatic heterocycles. The van der Waals surface area contributed by atoms with Gasteiger partial charge in [0.15, 0.2) is 0 Å². The van der Waals surface area contributed by atoms with Crippen LogP contribution in [0.3, 0.4) is 0 Å². The summed E-state index contributed by atoms with van der Waals surface area (Å²) < 4.78 is 32.3. The van der Waals surface area contributed by atoms with Crippen molar-refractivity contribution in [2.75, 3.05) is 13.7 Å². The van der Waals surface area contributed by atoms with Crippen molar-refractivity contribution in [2.24, 2.45) is 0 Å². The lowest BCUT2D eigenvalue weighted by molar-refractivity contribution is 0.107. The van der Waals surface area contributed by atoms with E-state index >= 15 is 0 Å². The second-order valence-corrected chi connectivity index (χ2v) is 7.34. The lowest BCUT2D eigenvalue weighted by atomic mass is 10.0. The van der Waals surface area contributed by atoms with Gasteiger partial charge in [0.2, 0.25) is 10.0 Å². The van der Waals surface area contributed by atoms with E-state index in [0.717, 1.165) is 22.3 Å². The van der Waals surface area contributed by atoms with Gasteiger partial charge in [-0.3, -0.25) is 0 Å². The molecule has 0 aliphatic rings. The normalized spacial score (nSPS) is 13.3. The number of aryl methyl sites for hydroxylation is 2. The SMILES string of the molecule is COC(CNS(=O)(=O)/C=C/c1ccc(C)cc1)c1ccccc1C. The van der Waals surface area contributed by atoms with Crippen molar-refractivity contribution in [1.82, 2.24) is 4.72 Å². The van der Waals surface area contributed by atoms with Gasteiger partial charge in [-0.05, 0) is 36.6 Å². The van der Waals surface area contributed by atoms with Gasteiger partial charge in [0.25, 0.3) is 0 Å². The Morgan fingerprint density at radius 2 is 1.75 bits per heavy atom. The molecule has 1 N–H and O–H groups in total. The van der Waals surface area contributed by atoms with Gasteiger partial charge in [-0.2, -0.15) is 0 Å². The van der Waals surface area contributed by atoms with E-state index in [1.807, 2.05) is 62.4 Å². The third-order valence-corrected chi connectivity index (χ3v) is 4.87. The van der Waals surface area contributed by atoms with Gasteiger partial charge in [0.05, 0.1) is 6.10 Å². The lowest BCUT2D eigenvalue weighted by Crippen LogP contribution is -2.27. The quantitative estimate of drug-likeness (QED) is 0.834. The highest BCUT2D eigenvalue weighted by Crippen LogP contribution is 2.20. The standard InChI is InChI=1S/C19H23NO3S/c1-15-8-10-17(11-9-15)12-13-24(21,22)20-14-19(23-3)18-7-5-4-6-16(18)2/h4-13,19-20H,14H2,1-3H3/b13-12+. The van der Waals surface area contributed by atoms with Crippen molar-refractivity contribution in [3.05, 3.63) is 76.2 Å². The summed E-state index contributed by atoms with van der Waals surface area (Å²) in [6.45, 7) is 4.15. The summed E-state index contributed by atoms with van der Waals surface area (Å²) >= 11 is 0. The van der Waals surface area contributed by atoms with E-state index in [9.17, 15) is 8.42 Å². The predicted molar refractivity (Wildman–Crippen MR) is 98.1 cm³/mol. The number of hydrogen-bond acceptors (Lipinski definition) is 3. The maximum absolute atomic E-state index is 12.2. The molecule has 5 heteroatoms. The Kier molecular flexibility index (Phi) is 6.31. The minimum atomic E-state index is -3.53. The van der Waals surface area contributed by atoms with Crippen LogP contribution in [-0.2, 0) is 14.8 Å². The van der Waals surface area contributed by atoms with E-state index < -0.39 is 10.0 Å². The molecule has 0 saturated carbocycles. The Morgan fingerprint density at radius 3 is 2.38 bits per heavy atom. The molecular weight excluding hydrogens is 322 g/mol. The van der Waals surface area contributed by atoms with Crippen molar-refractivity contribution in [3.63, 3.8) is 0 Å². The zero-order chi connectivity index (χ0) is 17.6. The molecule has 2 aromatic carbocycles. The molecule has 0 fully saturated rings. The second-order valence-electron chi connectivity index (χ2n) is 5.69. The van der Waals surface area contributed by atoms with Crippen molar-refractivity contribution in [3.8, 4) is 0 Å². The topological polar surface area (TPSA) is 55.4 Å². The monoisotopic (exact) mass is 345 g/mol. The predicted octanol–water partition coefficient (Wildman–Crippen LogP) is 3.58. The molecule has 4 nitrogen and oxygen atoms in total. The Hall–Kier alpha value is -1.95. The Labute approximate surface area is 144 Å². The molecule has 1 atom stereocenters. The number of ether oxygens (including phenoxy) is 1. The zero-order valence-electron chi connectivity index (χ0n) is 14.2. The largest absolute Gasteiger partial charge is 0.375 e. The number of sulfonamides is 1. The van der Waals surface area contributed by atoms with Crippen LogP contribution in [0.4, 0.5) is 0 Å². The molecule has 0 spiro atoms. The molecule has 0 amide bonds. The Balaban J connectivity index is 2.03. The van der Waals surface area contributed by atoms with Crippen molar-refractivity contribution in [2.45, 2.75) is 20.0 Å². The Bertz CT molecular complexity index is 796. The van der Waals surface area contributed by atoms with Crippen molar-refractivity contribution in [1.29, 1.82) is 0 Å². The van der Waals surface area contributed by atoms with Crippen LogP contribution in [0.25, 0.3) is 6.08 Å². The first-order valence-electron chi connectivity index (χ1n) is 7.74. The van der Waals surface area contributed by atoms with Crippen molar-refractivity contribution >= 4 is 16.1 Å². The number of rotatable bonds is 7. The van der Waals surface area contributed by atoms with E-state index in [-0.39, 0.29) is 12.6 Å². The number of nitrogens with one attached hydrogen (secondary N) is 1. The third-order valence-electron chi connectivity index (χ3n) is 3.81. The molecule has 24 heavy (non-hydrogen) atoms. The van der Waals surface area contributed by atoms with E-state index in [0.29, 0.717) is 0 Å². The molecule has 0 radical (unpaired) electrons. The summed E-state index contributed by atoms with van der Waals surface area (Å²) in [5, 5.41) is 1.18. The van der Waals surface area contributed by atoms with E-state index in [4.69, 9.17) is 4.74 Å². The van der Waals surface area contributed by atoms with Crippen LogP contribution in [0.1, 0.15) is 28.4 Å². The minimum Gasteiger partial charge on any atom is -0.375 e. The molecular formula is C19H23NO3S. The fourth-order valence-electron chi connectivity index (χ4n) is 2.35. The smallest absolute Gasteiger partial charge is 0.233 e. The molecule has 0 bridgehead atoms. The first-order chi connectivity index (χ1) is 11.4. The lowest BCUT2D eigenvalue weighted by Gasteiger charge is -2.18. The highest BCUT2D eigenvalue weighted by atomic mass is 32.2. The maximum atomic E-state index is 12.2. The first-order valence-corrected chi connectivity index (χ1v) is 9.28. The number of hydrogen-bond donors (Lipinski definition) is 1. The summed E-state index contributed by atoms with van der Waals surface area (Å²) in [4.78, 5) is 0. The molecule has 2 aromatic rings. The molecule has 0 aliphatic carbocycles. The van der Waals surface area contributed by atoms with Gasteiger partial charge in [-0.1, -0.05) is 54.1 Å². The minimum absolute atomic E-state index is 0.182. The van der Waals surface area contributed by atoms with E-state index in [1.54, 1.807) is 13.2 Å². The van der Waals surface area contributed by atoms with Gasteiger partial charge in [-0.25, -0.2) is 13.1 Å². The fourth-order valence-corrected chi connectivity index (χ4v) is 3.17. The first kappa shape index (κ1) is 18.4. The summed E-state index contributed by atoms with van der Waals surface area (Å²) in [5.41, 5.74) is 4.02. The summed E-state index contributed by atoms with van der Waals surface area (Å²) in [6, 6.07) is 15.4. The zero-order valence-corrected chi connectivity index (χ0v) is 15.0. The number of benzene rings is 2. The summed E-state index contributed by atoms with van der Waals surface area (Å²) in [7, 11) is -1.95. The van der Waals surface area contributed by atoms with Gasteiger partial charge in [-0.15, -0.1) is 0 Å². The summed E-state index contributed by atoms with van der Waals surface area (Å²) in [6.07, 6.45) is 1.26. The third kappa shape index (κ3) is 5.30. The fraction of sp³-hybridized carbons (Fsp3) is 0.263. The second kappa shape index (κ2) is 8.24. The van der Waals surface area contributed by atoms with Crippen LogP contribution in [0.2, 0.25) is 0 Å². The van der Waals surface area contributed by atoms with Crippen molar-refractivity contribution < 1.29 is 13.2 Å². The molecule has 0 aliphatic heterocycles. The van der Waals surface area contributed by atoms with Gasteiger partial charge in [0.1, 0.15) is 0 Å². The van der Waals surface area contributed by atoms with Crippen LogP contribution in [0.5, 0.6) is 0 Å². The van der Waals surface area contributed by atoms with Crippen LogP contribution in [-0.4, -0.2) is 22.1 Å². The Morgan fingerprint density at radius 1 is 1.08 bits per heavy atom. The van der Waals surface area contributed by atoms with Crippen LogP contribution in [0.15, 0.2) is 53.9 Å². The van der Waals surface area contributed by atoms with Crippen LogP contribution >= 0.6 is 0 Å².